The lowest BCUT2D eigenvalue weighted by atomic mass is 9.92. The number of hydrogen-bond acceptors (Lipinski definition) is 1. The van der Waals surface area contributed by atoms with Crippen LogP contribution in [0.15, 0.2) is 24.3 Å². The zero-order valence-electron chi connectivity index (χ0n) is 8.14. The highest BCUT2D eigenvalue weighted by Gasteiger charge is 2.37. The zero-order chi connectivity index (χ0) is 10.9. The van der Waals surface area contributed by atoms with Crippen LogP contribution in [0.2, 0.25) is 5.02 Å². The van der Waals surface area contributed by atoms with Crippen molar-refractivity contribution in [1.82, 2.24) is 5.32 Å². The molecule has 1 fully saturated rings. The Bertz CT molecular complexity index is 350. The summed E-state index contributed by atoms with van der Waals surface area (Å²) in [6, 6.07) is 6.15. The number of nitrogens with one attached hydrogen (secondary N) is 1. The molecule has 0 spiro atoms. The van der Waals surface area contributed by atoms with Crippen LogP contribution in [0.5, 0.6) is 0 Å². The van der Waals surface area contributed by atoms with Gasteiger partial charge >= 0.3 is 0 Å². The van der Waals surface area contributed by atoms with Crippen LogP contribution in [-0.2, 0) is 5.92 Å². The van der Waals surface area contributed by atoms with Gasteiger partial charge in [-0.05, 0) is 25.1 Å². The molecule has 1 saturated heterocycles. The summed E-state index contributed by atoms with van der Waals surface area (Å²) in [6.07, 6.45) is -0.121. The molecule has 1 N–H and O–H groups in total. The Balaban J connectivity index is 2.16. The summed E-state index contributed by atoms with van der Waals surface area (Å²) >= 11 is 5.76. The van der Waals surface area contributed by atoms with Gasteiger partial charge in [-0.3, -0.25) is 0 Å². The summed E-state index contributed by atoms with van der Waals surface area (Å²) in [5.74, 6) is -2.75. The van der Waals surface area contributed by atoms with E-state index in [4.69, 9.17) is 11.6 Å². The number of hydrogen-bond donors (Lipinski definition) is 1. The monoisotopic (exact) mass is 231 g/mol. The molecule has 1 aliphatic rings. The fourth-order valence-corrected chi connectivity index (χ4v) is 2.00. The predicted molar refractivity (Wildman–Crippen MR) is 56.3 cm³/mol. The van der Waals surface area contributed by atoms with Crippen LogP contribution >= 0.6 is 11.6 Å². The van der Waals surface area contributed by atoms with Crippen molar-refractivity contribution in [2.45, 2.75) is 12.3 Å². The maximum Gasteiger partial charge on any atom is 0.275 e. The second kappa shape index (κ2) is 4.06. The first-order chi connectivity index (χ1) is 7.09. The van der Waals surface area contributed by atoms with Gasteiger partial charge < -0.3 is 5.32 Å². The molecule has 0 radical (unpaired) electrons. The van der Waals surface area contributed by atoms with E-state index in [1.54, 1.807) is 12.1 Å². The topological polar surface area (TPSA) is 12.0 Å². The van der Waals surface area contributed by atoms with Crippen LogP contribution in [-0.4, -0.2) is 13.1 Å². The van der Waals surface area contributed by atoms with Crippen molar-refractivity contribution in [3.8, 4) is 0 Å². The summed E-state index contributed by atoms with van der Waals surface area (Å²) in [6.45, 7) is 1.36. The smallest absolute Gasteiger partial charge is 0.275 e. The van der Waals surface area contributed by atoms with Crippen LogP contribution in [0.3, 0.4) is 0 Å². The fourth-order valence-electron chi connectivity index (χ4n) is 1.72. The summed E-state index contributed by atoms with van der Waals surface area (Å²) in [5.41, 5.74) is -0.0569. The lowest BCUT2D eigenvalue weighted by Crippen LogP contribution is -2.44. The van der Waals surface area contributed by atoms with E-state index in [9.17, 15) is 8.78 Å². The molecule has 0 aliphatic carbocycles. The molecule has 1 aromatic carbocycles. The Morgan fingerprint density at radius 1 is 1.33 bits per heavy atom. The van der Waals surface area contributed by atoms with Crippen molar-refractivity contribution in [1.29, 1.82) is 0 Å². The maximum atomic E-state index is 13.8. The molecule has 0 saturated carbocycles. The minimum absolute atomic E-state index is 0.0569. The Kier molecular flexibility index (Phi) is 2.94. The van der Waals surface area contributed by atoms with E-state index < -0.39 is 5.92 Å². The first-order valence-corrected chi connectivity index (χ1v) is 5.31. The van der Waals surface area contributed by atoms with Gasteiger partial charge in [-0.25, -0.2) is 8.78 Å². The zero-order valence-corrected chi connectivity index (χ0v) is 8.90. The molecule has 1 heterocycles. The second-order valence-electron chi connectivity index (χ2n) is 3.91. The third-order valence-electron chi connectivity index (χ3n) is 2.68. The molecule has 82 valence electrons. The van der Waals surface area contributed by atoms with E-state index in [-0.39, 0.29) is 22.9 Å². The molecule has 1 nitrogen and oxygen atoms in total. The van der Waals surface area contributed by atoms with Gasteiger partial charge in [0, 0.05) is 17.0 Å². The fraction of sp³-hybridized carbons (Fsp3) is 0.455. The van der Waals surface area contributed by atoms with Crippen molar-refractivity contribution in [2.24, 2.45) is 5.92 Å². The van der Waals surface area contributed by atoms with Gasteiger partial charge in [0.25, 0.3) is 5.92 Å². The molecule has 4 heteroatoms. The minimum atomic E-state index is -2.81. The van der Waals surface area contributed by atoms with E-state index in [2.05, 4.69) is 5.32 Å². The Morgan fingerprint density at radius 2 is 2.00 bits per heavy atom. The van der Waals surface area contributed by atoms with Crippen molar-refractivity contribution < 1.29 is 8.78 Å². The van der Waals surface area contributed by atoms with Gasteiger partial charge in [-0.2, -0.15) is 0 Å². The molecule has 0 unspecified atom stereocenters. The van der Waals surface area contributed by atoms with Crippen LogP contribution in [0.4, 0.5) is 8.78 Å². The van der Waals surface area contributed by atoms with Crippen molar-refractivity contribution in [2.75, 3.05) is 13.1 Å². The van der Waals surface area contributed by atoms with Crippen LogP contribution < -0.4 is 5.32 Å². The van der Waals surface area contributed by atoms with E-state index in [1.807, 2.05) is 0 Å². The quantitative estimate of drug-likeness (QED) is 0.843. The highest BCUT2D eigenvalue weighted by atomic mass is 35.5. The minimum Gasteiger partial charge on any atom is -0.316 e. The number of alkyl halides is 2. The highest BCUT2D eigenvalue weighted by Crippen LogP contribution is 2.39. The van der Waals surface area contributed by atoms with E-state index in [0.717, 1.165) is 0 Å². The summed E-state index contributed by atoms with van der Waals surface area (Å²) in [4.78, 5) is 0. The maximum absolute atomic E-state index is 13.8. The second-order valence-corrected chi connectivity index (χ2v) is 4.32. The third kappa shape index (κ3) is 2.29. The van der Waals surface area contributed by atoms with Gasteiger partial charge in [0.05, 0.1) is 0 Å². The summed E-state index contributed by atoms with van der Waals surface area (Å²) in [7, 11) is 0. The lowest BCUT2D eigenvalue weighted by molar-refractivity contribution is -0.0355. The van der Waals surface area contributed by atoms with Gasteiger partial charge in [-0.15, -0.1) is 0 Å². The normalized spacial score (nSPS) is 17.5. The Labute approximate surface area is 92.4 Å². The first-order valence-electron chi connectivity index (χ1n) is 4.93. The molecule has 15 heavy (non-hydrogen) atoms. The van der Waals surface area contributed by atoms with Crippen LogP contribution in [0.1, 0.15) is 12.0 Å². The average Bonchev–Trinajstić information content (AvgIpc) is 2.12. The van der Waals surface area contributed by atoms with Crippen molar-refractivity contribution in [3.05, 3.63) is 34.9 Å². The molecule has 0 atom stereocenters. The molecule has 2 rings (SSSR count). The van der Waals surface area contributed by atoms with Gasteiger partial charge in [0.2, 0.25) is 0 Å². The molecule has 0 aromatic heterocycles. The van der Waals surface area contributed by atoms with Crippen molar-refractivity contribution in [3.63, 3.8) is 0 Å². The molecule has 1 aliphatic heterocycles. The van der Waals surface area contributed by atoms with E-state index >= 15 is 0 Å². The molecular weight excluding hydrogens is 220 g/mol. The van der Waals surface area contributed by atoms with Crippen LogP contribution in [0, 0.1) is 5.92 Å². The SMILES string of the molecule is FC(F)(CC1CNC1)c1ccccc1Cl. The third-order valence-corrected chi connectivity index (χ3v) is 3.01. The standard InChI is InChI=1S/C11H12ClF2N/c12-10-4-2-1-3-9(10)11(13,14)5-8-6-15-7-8/h1-4,8,15H,5-7H2. The van der Waals surface area contributed by atoms with E-state index in [1.165, 1.54) is 12.1 Å². The molecule has 1 aromatic rings. The Hall–Kier alpha value is -0.670. The summed E-state index contributed by atoms with van der Waals surface area (Å²) < 4.78 is 27.6. The predicted octanol–water partition coefficient (Wildman–Crippen LogP) is 3.04. The number of halogens is 3. The van der Waals surface area contributed by atoms with Gasteiger partial charge in [0.1, 0.15) is 0 Å². The molecular formula is C11H12ClF2N. The van der Waals surface area contributed by atoms with E-state index in [0.29, 0.717) is 13.1 Å². The highest BCUT2D eigenvalue weighted by molar-refractivity contribution is 6.31. The average molecular weight is 232 g/mol. The first kappa shape index (κ1) is 10.8. The van der Waals surface area contributed by atoms with Gasteiger partial charge in [0.15, 0.2) is 0 Å². The Morgan fingerprint density at radius 3 is 2.53 bits per heavy atom. The van der Waals surface area contributed by atoms with Crippen molar-refractivity contribution >= 4 is 11.6 Å². The molecule has 0 bridgehead atoms. The summed E-state index contributed by atoms with van der Waals surface area (Å²) in [5, 5.41) is 3.13. The van der Waals surface area contributed by atoms with Crippen LogP contribution in [0.25, 0.3) is 0 Å². The largest absolute Gasteiger partial charge is 0.316 e. The van der Waals surface area contributed by atoms with Gasteiger partial charge in [-0.1, -0.05) is 29.8 Å². The molecule has 0 amide bonds. The lowest BCUT2D eigenvalue weighted by Gasteiger charge is -2.31. The number of benzene rings is 1. The number of rotatable bonds is 3.